The van der Waals surface area contributed by atoms with Gasteiger partial charge in [-0.2, -0.15) is 0 Å². The van der Waals surface area contributed by atoms with Crippen LogP contribution in [0.3, 0.4) is 0 Å². The van der Waals surface area contributed by atoms with E-state index in [2.05, 4.69) is 10.3 Å². The SMILES string of the molecule is CCS(=O)(=O)c1ccc(-c2cncc3cc(/C=C4\SC(=S)NC4=O)oc23)cc1. The maximum absolute atomic E-state index is 12.0. The quantitative estimate of drug-likeness (QED) is 0.498. The first kappa shape index (κ1) is 18.9. The Hall–Kier alpha value is -2.49. The second-order valence-electron chi connectivity index (χ2n) is 6.03. The zero-order valence-corrected chi connectivity index (χ0v) is 17.1. The van der Waals surface area contributed by atoms with Gasteiger partial charge in [-0.3, -0.25) is 9.78 Å². The van der Waals surface area contributed by atoms with Crippen molar-refractivity contribution >= 4 is 61.1 Å². The van der Waals surface area contributed by atoms with Crippen LogP contribution in [0.15, 0.2) is 56.9 Å². The van der Waals surface area contributed by atoms with E-state index in [1.807, 2.05) is 0 Å². The molecule has 1 aliphatic rings. The van der Waals surface area contributed by atoms with E-state index in [9.17, 15) is 13.2 Å². The molecule has 0 unspecified atom stereocenters. The number of carbonyl (C=O) groups excluding carboxylic acids is 1. The number of benzene rings is 1. The first-order chi connectivity index (χ1) is 13.4. The normalized spacial score (nSPS) is 16.1. The van der Waals surface area contributed by atoms with Gasteiger partial charge >= 0.3 is 0 Å². The standard InChI is InChI=1S/C19H14N2O4S3/c1-2-28(23,24)14-5-3-11(4-6-14)15-10-20-9-12-7-13(25-17(12)15)8-16-18(22)21-19(26)27-16/h3-10H,2H2,1H3,(H,21,22,26)/b16-8-. The van der Waals surface area contributed by atoms with Gasteiger partial charge in [-0.1, -0.05) is 43.0 Å². The highest BCUT2D eigenvalue weighted by molar-refractivity contribution is 8.26. The van der Waals surface area contributed by atoms with E-state index in [4.69, 9.17) is 16.6 Å². The van der Waals surface area contributed by atoms with Gasteiger partial charge in [-0.25, -0.2) is 8.42 Å². The number of nitrogens with zero attached hydrogens (tertiary/aromatic N) is 1. The molecule has 1 saturated heterocycles. The number of hydrogen-bond acceptors (Lipinski definition) is 7. The second kappa shape index (κ2) is 7.16. The fraction of sp³-hybridized carbons (Fsp3) is 0.105. The molecule has 4 rings (SSSR count). The number of amides is 1. The summed E-state index contributed by atoms with van der Waals surface area (Å²) in [5, 5.41) is 3.34. The van der Waals surface area contributed by atoms with Gasteiger partial charge in [-0.05, 0) is 23.8 Å². The summed E-state index contributed by atoms with van der Waals surface area (Å²) in [7, 11) is -3.26. The number of nitrogens with one attached hydrogen (secondary N) is 1. The molecule has 0 spiro atoms. The highest BCUT2D eigenvalue weighted by Crippen LogP contribution is 2.33. The number of aromatic nitrogens is 1. The van der Waals surface area contributed by atoms with Gasteiger partial charge in [0, 0.05) is 29.4 Å². The molecule has 6 nitrogen and oxygen atoms in total. The number of sulfone groups is 1. The van der Waals surface area contributed by atoms with Gasteiger partial charge in [0.05, 0.1) is 15.6 Å². The van der Waals surface area contributed by atoms with E-state index >= 15 is 0 Å². The number of thiocarbonyl (C=S) groups is 1. The molecule has 2 aromatic heterocycles. The molecule has 0 aliphatic carbocycles. The Morgan fingerprint density at radius 3 is 2.64 bits per heavy atom. The lowest BCUT2D eigenvalue weighted by molar-refractivity contribution is -0.115. The van der Waals surface area contributed by atoms with E-state index in [-0.39, 0.29) is 16.6 Å². The molecule has 1 fully saturated rings. The third-order valence-corrected chi connectivity index (χ3v) is 7.17. The first-order valence-electron chi connectivity index (χ1n) is 8.33. The van der Waals surface area contributed by atoms with Crippen molar-refractivity contribution in [2.24, 2.45) is 0 Å². The molecule has 9 heteroatoms. The van der Waals surface area contributed by atoms with Gasteiger partial charge < -0.3 is 9.73 Å². The molecule has 3 heterocycles. The molecule has 1 amide bonds. The van der Waals surface area contributed by atoms with Gasteiger partial charge in [0.25, 0.3) is 5.91 Å². The molecule has 0 atom stereocenters. The molecule has 3 aromatic rings. The van der Waals surface area contributed by atoms with Crippen molar-refractivity contribution in [2.75, 3.05) is 5.75 Å². The molecule has 0 bridgehead atoms. The van der Waals surface area contributed by atoms with Crippen LogP contribution in [0, 0.1) is 0 Å². The van der Waals surface area contributed by atoms with E-state index in [0.29, 0.717) is 20.6 Å². The lowest BCUT2D eigenvalue weighted by Crippen LogP contribution is -2.17. The Kier molecular flexibility index (Phi) is 4.82. The van der Waals surface area contributed by atoms with Gasteiger partial charge in [0.2, 0.25) is 0 Å². The topological polar surface area (TPSA) is 89.3 Å². The third-order valence-electron chi connectivity index (χ3n) is 4.26. The van der Waals surface area contributed by atoms with Crippen molar-refractivity contribution in [2.45, 2.75) is 11.8 Å². The highest BCUT2D eigenvalue weighted by atomic mass is 32.2. The summed E-state index contributed by atoms with van der Waals surface area (Å²) in [4.78, 5) is 16.8. The monoisotopic (exact) mass is 430 g/mol. The smallest absolute Gasteiger partial charge is 0.263 e. The number of fused-ring (bicyclic) bond motifs is 1. The van der Waals surface area contributed by atoms with Crippen molar-refractivity contribution in [3.05, 3.63) is 53.4 Å². The van der Waals surface area contributed by atoms with E-state index in [1.54, 1.807) is 55.7 Å². The lowest BCUT2D eigenvalue weighted by Gasteiger charge is -2.05. The third kappa shape index (κ3) is 3.48. The fourth-order valence-corrected chi connectivity index (χ4v) is 4.73. The van der Waals surface area contributed by atoms with Crippen LogP contribution in [0.25, 0.3) is 28.2 Å². The summed E-state index contributed by atoms with van der Waals surface area (Å²) in [6.07, 6.45) is 4.98. The number of rotatable bonds is 4. The summed E-state index contributed by atoms with van der Waals surface area (Å²) >= 11 is 6.17. The zero-order chi connectivity index (χ0) is 19.9. The number of furan rings is 1. The van der Waals surface area contributed by atoms with E-state index in [0.717, 1.165) is 16.5 Å². The van der Waals surface area contributed by atoms with E-state index < -0.39 is 9.84 Å². The summed E-state index contributed by atoms with van der Waals surface area (Å²) in [6.45, 7) is 1.61. The predicted molar refractivity (Wildman–Crippen MR) is 113 cm³/mol. The summed E-state index contributed by atoms with van der Waals surface area (Å²) in [6, 6.07) is 8.43. The molecule has 142 valence electrons. The van der Waals surface area contributed by atoms with Crippen molar-refractivity contribution in [3.8, 4) is 11.1 Å². The average molecular weight is 431 g/mol. The number of pyridine rings is 1. The summed E-state index contributed by atoms with van der Waals surface area (Å²) in [5.74, 6) is 0.313. The number of hydrogen-bond donors (Lipinski definition) is 1. The van der Waals surface area contributed by atoms with Crippen molar-refractivity contribution in [1.82, 2.24) is 10.3 Å². The Balaban J connectivity index is 1.75. The van der Waals surface area contributed by atoms with Crippen LogP contribution >= 0.6 is 24.0 Å². The molecule has 1 aliphatic heterocycles. The summed E-state index contributed by atoms with van der Waals surface area (Å²) in [5.41, 5.74) is 2.14. The van der Waals surface area contributed by atoms with Crippen LogP contribution in [-0.4, -0.2) is 29.4 Å². The Morgan fingerprint density at radius 1 is 1.25 bits per heavy atom. The maximum atomic E-state index is 12.0. The molecular formula is C19H14N2O4S3. The second-order valence-corrected chi connectivity index (χ2v) is 10.0. The average Bonchev–Trinajstić information content (AvgIpc) is 3.23. The Morgan fingerprint density at radius 2 is 2.00 bits per heavy atom. The molecule has 0 radical (unpaired) electrons. The van der Waals surface area contributed by atoms with Gasteiger partial charge in [0.15, 0.2) is 9.84 Å². The lowest BCUT2D eigenvalue weighted by atomic mass is 10.1. The minimum atomic E-state index is -3.26. The van der Waals surface area contributed by atoms with Crippen molar-refractivity contribution in [1.29, 1.82) is 0 Å². The number of carbonyl (C=O) groups is 1. The van der Waals surface area contributed by atoms with Crippen LogP contribution in [0.4, 0.5) is 0 Å². The first-order valence-corrected chi connectivity index (χ1v) is 11.2. The van der Waals surface area contributed by atoms with Crippen LogP contribution < -0.4 is 5.32 Å². The maximum Gasteiger partial charge on any atom is 0.263 e. The van der Waals surface area contributed by atoms with Crippen LogP contribution in [0.1, 0.15) is 12.7 Å². The van der Waals surface area contributed by atoms with Crippen LogP contribution in [0.5, 0.6) is 0 Å². The molecule has 0 saturated carbocycles. The van der Waals surface area contributed by atoms with Crippen LogP contribution in [0.2, 0.25) is 0 Å². The van der Waals surface area contributed by atoms with Crippen molar-refractivity contribution in [3.63, 3.8) is 0 Å². The Labute approximate surface area is 170 Å². The van der Waals surface area contributed by atoms with Gasteiger partial charge in [0.1, 0.15) is 15.7 Å². The van der Waals surface area contributed by atoms with Gasteiger partial charge in [-0.15, -0.1) is 0 Å². The molecular weight excluding hydrogens is 416 g/mol. The fourth-order valence-electron chi connectivity index (χ4n) is 2.82. The van der Waals surface area contributed by atoms with E-state index in [1.165, 1.54) is 11.8 Å². The minimum absolute atomic E-state index is 0.0503. The zero-order valence-electron chi connectivity index (χ0n) is 14.6. The highest BCUT2D eigenvalue weighted by Gasteiger charge is 2.23. The Bertz CT molecular complexity index is 1240. The molecule has 28 heavy (non-hydrogen) atoms. The molecule has 1 aromatic carbocycles. The molecule has 1 N–H and O–H groups in total. The summed E-state index contributed by atoms with van der Waals surface area (Å²) < 4.78 is 30.4. The predicted octanol–water partition coefficient (Wildman–Crippen LogP) is 3.78. The minimum Gasteiger partial charge on any atom is -0.456 e. The van der Waals surface area contributed by atoms with Crippen molar-refractivity contribution < 1.29 is 17.6 Å². The number of thioether (sulfide) groups is 1. The van der Waals surface area contributed by atoms with Crippen LogP contribution in [-0.2, 0) is 14.6 Å². The largest absolute Gasteiger partial charge is 0.456 e.